The predicted molar refractivity (Wildman–Crippen MR) is 116 cm³/mol. The predicted octanol–water partition coefficient (Wildman–Crippen LogP) is 4.49. The Morgan fingerprint density at radius 3 is 2.66 bits per heavy atom. The van der Waals surface area contributed by atoms with E-state index in [9.17, 15) is 8.42 Å². The number of nitrogens with one attached hydrogen (secondary N) is 2. The zero-order valence-electron chi connectivity index (χ0n) is 16.1. The van der Waals surface area contributed by atoms with Crippen LogP contribution in [0.25, 0.3) is 27.7 Å². The van der Waals surface area contributed by atoms with Gasteiger partial charge < -0.3 is 4.98 Å². The van der Waals surface area contributed by atoms with Crippen LogP contribution in [0, 0.1) is 0 Å². The van der Waals surface area contributed by atoms with Gasteiger partial charge in [0.1, 0.15) is 0 Å². The first-order valence-corrected chi connectivity index (χ1v) is 11.4. The second-order valence-electron chi connectivity index (χ2n) is 7.50. The van der Waals surface area contributed by atoms with E-state index in [1.807, 2.05) is 35.3 Å². The van der Waals surface area contributed by atoms with Gasteiger partial charge >= 0.3 is 0 Å². The molecule has 148 valence electrons. The van der Waals surface area contributed by atoms with Crippen LogP contribution in [-0.4, -0.2) is 28.4 Å². The van der Waals surface area contributed by atoms with Crippen molar-refractivity contribution in [3.05, 3.63) is 66.6 Å². The van der Waals surface area contributed by atoms with Crippen molar-refractivity contribution in [3.8, 4) is 16.8 Å². The van der Waals surface area contributed by atoms with Crippen LogP contribution in [0.1, 0.15) is 25.3 Å². The molecule has 0 unspecified atom stereocenters. The molecule has 0 atom stereocenters. The lowest BCUT2D eigenvalue weighted by Crippen LogP contribution is -2.16. The highest BCUT2D eigenvalue weighted by molar-refractivity contribution is 7.93. The summed E-state index contributed by atoms with van der Waals surface area (Å²) in [6.07, 6.45) is 8.02. The molecule has 1 fully saturated rings. The number of hydrogen-bond acceptors (Lipinski definition) is 3. The molecule has 2 aromatic carbocycles. The third-order valence-corrected chi connectivity index (χ3v) is 7.28. The molecule has 2 aromatic heterocycles. The van der Waals surface area contributed by atoms with Gasteiger partial charge in [-0.1, -0.05) is 25.1 Å². The smallest absolute Gasteiger partial charge is 0.235 e. The Labute approximate surface area is 169 Å². The first kappa shape index (κ1) is 18.0. The number of rotatable bonds is 6. The molecule has 1 aliphatic rings. The molecule has 2 heterocycles. The van der Waals surface area contributed by atoms with E-state index >= 15 is 0 Å². The van der Waals surface area contributed by atoms with Crippen molar-refractivity contribution in [1.82, 2.24) is 14.8 Å². The number of aromatic amines is 1. The molecule has 0 amide bonds. The zero-order chi connectivity index (χ0) is 20.0. The van der Waals surface area contributed by atoms with E-state index in [2.05, 4.69) is 46.0 Å². The highest BCUT2D eigenvalue weighted by Crippen LogP contribution is 2.33. The molecule has 0 saturated heterocycles. The van der Waals surface area contributed by atoms with Gasteiger partial charge in [-0.2, -0.15) is 5.10 Å². The molecule has 6 nitrogen and oxygen atoms in total. The highest BCUT2D eigenvalue weighted by atomic mass is 32.2. The molecule has 1 saturated carbocycles. The maximum atomic E-state index is 12.3. The number of sulfonamides is 1. The lowest BCUT2D eigenvalue weighted by atomic mass is 10.1. The first-order chi connectivity index (χ1) is 14.0. The van der Waals surface area contributed by atoms with E-state index < -0.39 is 10.0 Å². The van der Waals surface area contributed by atoms with Crippen molar-refractivity contribution in [2.75, 3.05) is 4.72 Å². The molecule has 4 aromatic rings. The Bertz CT molecular complexity index is 1280. The third-order valence-electron chi connectivity index (χ3n) is 5.42. The fourth-order valence-corrected chi connectivity index (χ4v) is 4.90. The summed E-state index contributed by atoms with van der Waals surface area (Å²) >= 11 is 0. The molecule has 5 rings (SSSR count). The summed E-state index contributed by atoms with van der Waals surface area (Å²) in [5.41, 5.74) is 5.75. The quantitative estimate of drug-likeness (QED) is 0.495. The topological polar surface area (TPSA) is 79.8 Å². The molecular formula is C22H22N4O2S. The fraction of sp³-hybridized carbons (Fsp3) is 0.227. The number of aryl methyl sites for hydroxylation is 1. The van der Waals surface area contributed by atoms with E-state index in [-0.39, 0.29) is 5.25 Å². The molecule has 0 aliphatic heterocycles. The van der Waals surface area contributed by atoms with E-state index in [1.165, 1.54) is 5.56 Å². The van der Waals surface area contributed by atoms with Gasteiger partial charge in [-0.05, 0) is 54.7 Å². The van der Waals surface area contributed by atoms with Gasteiger partial charge in [-0.15, -0.1) is 0 Å². The number of benzene rings is 2. The van der Waals surface area contributed by atoms with Gasteiger partial charge in [0.15, 0.2) is 0 Å². The summed E-state index contributed by atoms with van der Waals surface area (Å²) in [5, 5.41) is 5.09. The summed E-state index contributed by atoms with van der Waals surface area (Å²) in [5.74, 6) is 0. The van der Waals surface area contributed by atoms with Crippen molar-refractivity contribution >= 4 is 26.6 Å². The molecule has 2 N–H and O–H groups in total. The van der Waals surface area contributed by atoms with Crippen LogP contribution in [0.15, 0.2) is 61.1 Å². The van der Waals surface area contributed by atoms with Crippen LogP contribution in [-0.2, 0) is 16.4 Å². The van der Waals surface area contributed by atoms with Crippen LogP contribution in [0.4, 0.5) is 5.69 Å². The average molecular weight is 407 g/mol. The molecule has 0 bridgehead atoms. The first-order valence-electron chi connectivity index (χ1n) is 9.80. The normalized spacial score (nSPS) is 14.4. The largest absolute Gasteiger partial charge is 0.359 e. The highest BCUT2D eigenvalue weighted by Gasteiger charge is 2.36. The van der Waals surface area contributed by atoms with Crippen LogP contribution >= 0.6 is 0 Å². The number of nitrogens with zero attached hydrogens (tertiary/aromatic N) is 2. The van der Waals surface area contributed by atoms with Crippen LogP contribution in [0.3, 0.4) is 0 Å². The Hall–Kier alpha value is -3.06. The number of hydrogen-bond donors (Lipinski definition) is 2. The van der Waals surface area contributed by atoms with Gasteiger partial charge in [0, 0.05) is 28.9 Å². The number of fused-ring (bicyclic) bond motifs is 1. The van der Waals surface area contributed by atoms with Crippen LogP contribution < -0.4 is 4.72 Å². The van der Waals surface area contributed by atoms with E-state index in [1.54, 1.807) is 6.20 Å². The second kappa shape index (κ2) is 6.77. The molecule has 29 heavy (non-hydrogen) atoms. The zero-order valence-corrected chi connectivity index (χ0v) is 16.9. The maximum absolute atomic E-state index is 12.3. The van der Waals surface area contributed by atoms with Gasteiger partial charge in [0.05, 0.1) is 22.8 Å². The van der Waals surface area contributed by atoms with E-state index in [4.69, 9.17) is 0 Å². The average Bonchev–Trinajstić information content (AvgIpc) is 3.38. The van der Waals surface area contributed by atoms with E-state index in [0.29, 0.717) is 5.69 Å². The van der Waals surface area contributed by atoms with E-state index in [0.717, 1.165) is 47.0 Å². The van der Waals surface area contributed by atoms with Crippen molar-refractivity contribution in [2.45, 2.75) is 31.4 Å². The Morgan fingerprint density at radius 2 is 1.93 bits per heavy atom. The minimum atomic E-state index is -3.30. The van der Waals surface area contributed by atoms with Gasteiger partial charge in [-0.25, -0.2) is 13.1 Å². The van der Waals surface area contributed by atoms with Gasteiger partial charge in [0.2, 0.25) is 10.0 Å². The molecule has 0 radical (unpaired) electrons. The minimum Gasteiger partial charge on any atom is -0.359 e. The second-order valence-corrected chi connectivity index (χ2v) is 9.46. The van der Waals surface area contributed by atoms with Gasteiger partial charge in [-0.3, -0.25) is 4.72 Å². The standard InChI is InChI=1S/C22H22N4O2S/c1-2-15-3-6-18(7-4-15)26-14-17(12-24-26)16-5-10-21-20(11-16)22(13-23-21)25-29(27,28)19-8-9-19/h3-7,10-14,19,23,25H,2,8-9H2,1H3. The fourth-order valence-electron chi connectivity index (χ4n) is 3.50. The van der Waals surface area contributed by atoms with Gasteiger partial charge in [0.25, 0.3) is 0 Å². The number of anilines is 1. The third kappa shape index (κ3) is 3.42. The molecule has 1 aliphatic carbocycles. The summed E-state index contributed by atoms with van der Waals surface area (Å²) in [6, 6.07) is 14.3. The SMILES string of the molecule is CCc1ccc(-n2cc(-c3ccc4[nH]cc(NS(=O)(=O)C5CC5)c4c3)cn2)cc1. The Kier molecular flexibility index (Phi) is 4.20. The summed E-state index contributed by atoms with van der Waals surface area (Å²) < 4.78 is 29.3. The lowest BCUT2D eigenvalue weighted by Gasteiger charge is -2.06. The number of H-pyrrole nitrogens is 1. The Morgan fingerprint density at radius 1 is 1.14 bits per heavy atom. The summed E-state index contributed by atoms with van der Waals surface area (Å²) in [4.78, 5) is 3.14. The van der Waals surface area contributed by atoms with Crippen molar-refractivity contribution < 1.29 is 8.42 Å². The van der Waals surface area contributed by atoms with Crippen molar-refractivity contribution in [1.29, 1.82) is 0 Å². The number of aromatic nitrogens is 3. The minimum absolute atomic E-state index is 0.257. The molecular weight excluding hydrogens is 384 g/mol. The Balaban J connectivity index is 1.47. The van der Waals surface area contributed by atoms with Crippen molar-refractivity contribution in [2.24, 2.45) is 0 Å². The summed E-state index contributed by atoms with van der Waals surface area (Å²) in [6.45, 7) is 2.14. The van der Waals surface area contributed by atoms with Crippen LogP contribution in [0.5, 0.6) is 0 Å². The maximum Gasteiger partial charge on any atom is 0.235 e. The van der Waals surface area contributed by atoms with Crippen LogP contribution in [0.2, 0.25) is 0 Å². The lowest BCUT2D eigenvalue weighted by molar-refractivity contribution is 0.600. The monoisotopic (exact) mass is 406 g/mol. The molecule has 0 spiro atoms. The van der Waals surface area contributed by atoms with Crippen molar-refractivity contribution in [3.63, 3.8) is 0 Å². The molecule has 7 heteroatoms. The summed E-state index contributed by atoms with van der Waals surface area (Å²) in [7, 11) is -3.30.